The summed E-state index contributed by atoms with van der Waals surface area (Å²) < 4.78 is 0. The van der Waals surface area contributed by atoms with Crippen molar-refractivity contribution in [3.8, 4) is 0 Å². The lowest BCUT2D eigenvalue weighted by atomic mass is 9.96. The van der Waals surface area contributed by atoms with Crippen LogP contribution >= 0.6 is 0 Å². The summed E-state index contributed by atoms with van der Waals surface area (Å²) in [5.41, 5.74) is 4.54. The van der Waals surface area contributed by atoms with Gasteiger partial charge < -0.3 is 10.6 Å². The van der Waals surface area contributed by atoms with E-state index in [9.17, 15) is 4.79 Å². The Kier molecular flexibility index (Phi) is 6.77. The number of quaternary nitrogens is 1. The van der Waals surface area contributed by atoms with Gasteiger partial charge in [-0.1, -0.05) is 76.2 Å². The molecule has 0 aromatic heterocycles. The summed E-state index contributed by atoms with van der Waals surface area (Å²) in [6.07, 6.45) is 0. The Morgan fingerprint density at radius 2 is 1.68 bits per heavy atom. The second-order valence-corrected chi connectivity index (χ2v) is 7.36. The fourth-order valence-electron chi connectivity index (χ4n) is 3.24. The van der Waals surface area contributed by atoms with E-state index in [-0.39, 0.29) is 11.9 Å². The van der Waals surface area contributed by atoms with E-state index in [0.29, 0.717) is 18.4 Å². The van der Waals surface area contributed by atoms with Gasteiger partial charge in [0.15, 0.2) is 6.54 Å². The molecule has 0 heterocycles. The number of hydrogen-bond donors (Lipinski definition) is 2. The van der Waals surface area contributed by atoms with Gasteiger partial charge in [0, 0.05) is 17.2 Å². The number of nitrogens with two attached hydrogens (primary N) is 1. The highest BCUT2D eigenvalue weighted by atomic mass is 16.1. The molecule has 0 aliphatic rings. The van der Waals surface area contributed by atoms with Crippen molar-refractivity contribution in [2.45, 2.75) is 46.6 Å². The number of hydrogen-bond acceptors (Lipinski definition) is 1. The van der Waals surface area contributed by atoms with Crippen LogP contribution in [0.2, 0.25) is 0 Å². The highest BCUT2D eigenvalue weighted by molar-refractivity contribution is 5.93. The number of rotatable bonds is 7. The van der Waals surface area contributed by atoms with Gasteiger partial charge in [0.2, 0.25) is 0 Å². The first-order valence-corrected chi connectivity index (χ1v) is 9.17. The second-order valence-electron chi connectivity index (χ2n) is 7.36. The zero-order valence-corrected chi connectivity index (χ0v) is 16.0. The maximum absolute atomic E-state index is 12.6. The first kappa shape index (κ1) is 19.2. The Balaban J connectivity index is 2.06. The minimum Gasteiger partial charge on any atom is -0.332 e. The van der Waals surface area contributed by atoms with Crippen molar-refractivity contribution < 1.29 is 10.1 Å². The predicted molar refractivity (Wildman–Crippen MR) is 105 cm³/mol. The third-order valence-electron chi connectivity index (χ3n) is 4.65. The largest absolute Gasteiger partial charge is 0.332 e. The fraction of sp³-hybridized carbons (Fsp3) is 0.409. The van der Waals surface area contributed by atoms with Crippen LogP contribution in [0.4, 0.5) is 5.69 Å². The summed E-state index contributed by atoms with van der Waals surface area (Å²) in [6.45, 7) is 11.2. The molecule has 0 radical (unpaired) electrons. The monoisotopic (exact) mass is 339 g/mol. The number of carbonyl (C=O) groups is 1. The van der Waals surface area contributed by atoms with Gasteiger partial charge in [-0.15, -0.1) is 0 Å². The number of para-hydroxylation sites is 1. The maximum Gasteiger partial charge on any atom is 0.279 e. The van der Waals surface area contributed by atoms with Gasteiger partial charge in [0.25, 0.3) is 5.91 Å². The van der Waals surface area contributed by atoms with E-state index in [4.69, 9.17) is 0 Å². The standard InChI is InChI=1S/C22H30N2O/c1-15(2)19-13-9-10-17(5)22(19)24-20(25)14-23-21(16(3)4)18-11-7-6-8-12-18/h6-13,15-16,21,23H,14H2,1-5H3,(H,24,25)/p+1/t21-/m0/s1. The van der Waals surface area contributed by atoms with Crippen molar-refractivity contribution in [2.24, 2.45) is 5.92 Å². The van der Waals surface area contributed by atoms with E-state index in [1.54, 1.807) is 0 Å². The lowest BCUT2D eigenvalue weighted by Gasteiger charge is -2.20. The first-order valence-electron chi connectivity index (χ1n) is 9.17. The number of aryl methyl sites for hydroxylation is 1. The van der Waals surface area contributed by atoms with Crippen LogP contribution in [0.25, 0.3) is 0 Å². The number of amides is 1. The van der Waals surface area contributed by atoms with Crippen molar-refractivity contribution in [2.75, 3.05) is 11.9 Å². The molecule has 25 heavy (non-hydrogen) atoms. The third-order valence-corrected chi connectivity index (χ3v) is 4.65. The van der Waals surface area contributed by atoms with Gasteiger partial charge >= 0.3 is 0 Å². The van der Waals surface area contributed by atoms with Gasteiger partial charge in [-0.25, -0.2) is 0 Å². The molecule has 2 rings (SSSR count). The van der Waals surface area contributed by atoms with Gasteiger partial charge in [-0.2, -0.15) is 0 Å². The number of benzene rings is 2. The van der Waals surface area contributed by atoms with Crippen molar-refractivity contribution >= 4 is 11.6 Å². The Bertz CT molecular complexity index is 692. The van der Waals surface area contributed by atoms with Gasteiger partial charge in [-0.3, -0.25) is 4.79 Å². The van der Waals surface area contributed by atoms with Crippen LogP contribution in [0.15, 0.2) is 48.5 Å². The molecule has 134 valence electrons. The van der Waals surface area contributed by atoms with Crippen LogP contribution in [-0.4, -0.2) is 12.5 Å². The van der Waals surface area contributed by atoms with E-state index < -0.39 is 0 Å². The van der Waals surface area contributed by atoms with Gasteiger partial charge in [0.1, 0.15) is 6.04 Å². The molecule has 0 bridgehead atoms. The number of nitrogens with one attached hydrogen (secondary N) is 1. The van der Waals surface area contributed by atoms with Gasteiger partial charge in [-0.05, 0) is 24.0 Å². The topological polar surface area (TPSA) is 45.7 Å². The highest BCUT2D eigenvalue weighted by Crippen LogP contribution is 2.27. The Hall–Kier alpha value is -2.13. The maximum atomic E-state index is 12.6. The van der Waals surface area contributed by atoms with E-state index in [2.05, 4.69) is 74.7 Å². The summed E-state index contributed by atoms with van der Waals surface area (Å²) in [7, 11) is 0. The molecule has 1 amide bonds. The van der Waals surface area contributed by atoms with Crippen molar-refractivity contribution in [1.82, 2.24) is 0 Å². The summed E-state index contributed by atoms with van der Waals surface area (Å²) in [5.74, 6) is 0.893. The van der Waals surface area contributed by atoms with Crippen LogP contribution in [0, 0.1) is 12.8 Å². The van der Waals surface area contributed by atoms with Crippen LogP contribution in [0.1, 0.15) is 56.3 Å². The average Bonchev–Trinajstić information content (AvgIpc) is 2.57. The Morgan fingerprint density at radius 1 is 1.00 bits per heavy atom. The summed E-state index contributed by atoms with van der Waals surface area (Å²) in [5, 5.41) is 5.28. The minimum atomic E-state index is 0.0535. The van der Waals surface area contributed by atoms with Crippen LogP contribution in [0.5, 0.6) is 0 Å². The third kappa shape index (κ3) is 5.17. The molecule has 0 saturated carbocycles. The molecule has 0 saturated heterocycles. The lowest BCUT2D eigenvalue weighted by molar-refractivity contribution is -0.692. The van der Waals surface area contributed by atoms with Gasteiger partial charge in [0.05, 0.1) is 0 Å². The minimum absolute atomic E-state index is 0.0535. The normalized spacial score (nSPS) is 12.4. The zero-order chi connectivity index (χ0) is 18.4. The van der Waals surface area contributed by atoms with Crippen LogP contribution in [0.3, 0.4) is 0 Å². The highest BCUT2D eigenvalue weighted by Gasteiger charge is 2.21. The molecule has 2 aromatic carbocycles. The predicted octanol–water partition coefficient (Wildman–Crippen LogP) is 4.02. The molecule has 3 nitrogen and oxygen atoms in total. The SMILES string of the molecule is Cc1cccc(C(C)C)c1NC(=O)C[NH2+][C@H](c1ccccc1)C(C)C. The summed E-state index contributed by atoms with van der Waals surface area (Å²) in [4.78, 5) is 12.6. The fourth-order valence-corrected chi connectivity index (χ4v) is 3.24. The zero-order valence-electron chi connectivity index (χ0n) is 16.0. The van der Waals surface area contributed by atoms with Crippen molar-refractivity contribution in [1.29, 1.82) is 0 Å². The van der Waals surface area contributed by atoms with E-state index in [1.807, 2.05) is 19.1 Å². The molecule has 3 heteroatoms. The Labute approximate surface area is 151 Å². The molecular weight excluding hydrogens is 308 g/mol. The second kappa shape index (κ2) is 8.82. The molecule has 1 atom stereocenters. The molecule has 0 spiro atoms. The van der Waals surface area contributed by atoms with Crippen LogP contribution in [-0.2, 0) is 4.79 Å². The molecule has 2 aromatic rings. The van der Waals surface area contributed by atoms with Crippen LogP contribution < -0.4 is 10.6 Å². The average molecular weight is 340 g/mol. The smallest absolute Gasteiger partial charge is 0.279 e. The Morgan fingerprint density at radius 3 is 2.28 bits per heavy atom. The molecule has 0 aliphatic heterocycles. The number of carbonyl (C=O) groups excluding carboxylic acids is 1. The summed E-state index contributed by atoms with van der Waals surface area (Å²) >= 11 is 0. The van der Waals surface area contributed by atoms with E-state index in [1.165, 1.54) is 11.1 Å². The molecule has 0 fully saturated rings. The van der Waals surface area contributed by atoms with E-state index in [0.717, 1.165) is 11.3 Å². The first-order chi connectivity index (χ1) is 11.9. The van der Waals surface area contributed by atoms with E-state index >= 15 is 0 Å². The molecule has 3 N–H and O–H groups in total. The number of anilines is 1. The van der Waals surface area contributed by atoms with Crippen molar-refractivity contribution in [3.05, 3.63) is 65.2 Å². The summed E-state index contributed by atoms with van der Waals surface area (Å²) in [6, 6.07) is 16.9. The van der Waals surface area contributed by atoms with Crippen molar-refractivity contribution in [3.63, 3.8) is 0 Å². The molecule has 0 aliphatic carbocycles. The molecule has 0 unspecified atom stereocenters. The molecular formula is C22H31N2O+. The lowest BCUT2D eigenvalue weighted by Crippen LogP contribution is -2.88. The quantitative estimate of drug-likeness (QED) is 0.786.